The van der Waals surface area contributed by atoms with Crippen LogP contribution in [-0.4, -0.2) is 29.9 Å². The van der Waals surface area contributed by atoms with Crippen molar-refractivity contribution in [1.82, 2.24) is 4.90 Å². The molecule has 0 aliphatic carbocycles. The first-order valence-electron chi connectivity index (χ1n) is 8.52. The van der Waals surface area contributed by atoms with E-state index in [-0.39, 0.29) is 11.9 Å². The Kier molecular flexibility index (Phi) is 5.16. The van der Waals surface area contributed by atoms with Gasteiger partial charge in [-0.25, -0.2) is 0 Å². The molecular weight excluding hydrogens is 300 g/mol. The molecular formula is C20H24N2O2. The Morgan fingerprint density at radius 1 is 1.08 bits per heavy atom. The molecule has 3 rings (SSSR count). The molecule has 1 unspecified atom stereocenters. The molecule has 1 fully saturated rings. The van der Waals surface area contributed by atoms with E-state index in [4.69, 9.17) is 10.5 Å². The molecule has 0 bridgehead atoms. The third-order valence-electron chi connectivity index (χ3n) is 4.66. The summed E-state index contributed by atoms with van der Waals surface area (Å²) in [5.41, 5.74) is 6.60. The Bertz CT molecular complexity index is 677. The number of hydrogen-bond donors (Lipinski definition) is 1. The number of para-hydroxylation sites is 2. The molecule has 4 heteroatoms. The molecule has 1 heterocycles. The fourth-order valence-electron chi connectivity index (χ4n) is 3.15. The molecule has 1 saturated heterocycles. The van der Waals surface area contributed by atoms with Crippen LogP contribution >= 0.6 is 0 Å². The van der Waals surface area contributed by atoms with Crippen LogP contribution in [0.15, 0.2) is 54.6 Å². The lowest BCUT2D eigenvalue weighted by molar-refractivity contribution is 0.0678. The topological polar surface area (TPSA) is 55.6 Å². The van der Waals surface area contributed by atoms with E-state index in [0.29, 0.717) is 17.2 Å². The molecule has 0 spiro atoms. The van der Waals surface area contributed by atoms with Gasteiger partial charge in [-0.15, -0.1) is 0 Å². The Morgan fingerprint density at radius 3 is 2.38 bits per heavy atom. The quantitative estimate of drug-likeness (QED) is 0.933. The van der Waals surface area contributed by atoms with Crippen LogP contribution in [0, 0.1) is 5.92 Å². The van der Waals surface area contributed by atoms with E-state index < -0.39 is 0 Å². The number of carbonyl (C=O) groups is 1. The lowest BCUT2D eigenvalue weighted by atomic mass is 9.90. The van der Waals surface area contributed by atoms with Crippen molar-refractivity contribution in [3.05, 3.63) is 60.2 Å². The second kappa shape index (κ2) is 7.49. The molecule has 1 aliphatic rings. The smallest absolute Gasteiger partial charge is 0.257 e. The molecule has 126 valence electrons. The predicted molar refractivity (Wildman–Crippen MR) is 95.2 cm³/mol. The molecule has 0 saturated carbocycles. The first kappa shape index (κ1) is 16.5. The monoisotopic (exact) mass is 324 g/mol. The standard InChI is InChI=1S/C20H24N2O2/c1-15(21)16-11-13-22(14-12-16)20(23)18-9-5-6-10-19(18)24-17-7-3-2-4-8-17/h2-10,15-16H,11-14,21H2,1H3. The zero-order valence-corrected chi connectivity index (χ0v) is 14.0. The predicted octanol–water partition coefficient (Wildman–Crippen LogP) is 3.68. The Morgan fingerprint density at radius 2 is 1.71 bits per heavy atom. The number of nitrogens with two attached hydrogens (primary N) is 1. The van der Waals surface area contributed by atoms with E-state index >= 15 is 0 Å². The van der Waals surface area contributed by atoms with Gasteiger partial charge in [0.25, 0.3) is 5.91 Å². The summed E-state index contributed by atoms with van der Waals surface area (Å²) in [7, 11) is 0. The number of nitrogens with zero attached hydrogens (tertiary/aromatic N) is 1. The van der Waals surface area contributed by atoms with E-state index in [2.05, 4.69) is 0 Å². The van der Waals surface area contributed by atoms with E-state index in [9.17, 15) is 4.79 Å². The number of piperidine rings is 1. The minimum Gasteiger partial charge on any atom is -0.457 e. The van der Waals surface area contributed by atoms with Crippen molar-refractivity contribution in [2.75, 3.05) is 13.1 Å². The third kappa shape index (κ3) is 3.77. The van der Waals surface area contributed by atoms with Crippen molar-refractivity contribution in [2.24, 2.45) is 11.7 Å². The molecule has 24 heavy (non-hydrogen) atoms. The van der Waals surface area contributed by atoms with Crippen LogP contribution in [0.2, 0.25) is 0 Å². The van der Waals surface area contributed by atoms with Crippen molar-refractivity contribution in [2.45, 2.75) is 25.8 Å². The van der Waals surface area contributed by atoms with Crippen LogP contribution in [0.3, 0.4) is 0 Å². The van der Waals surface area contributed by atoms with Gasteiger partial charge in [-0.1, -0.05) is 30.3 Å². The minimum atomic E-state index is 0.0321. The summed E-state index contributed by atoms with van der Waals surface area (Å²) in [5, 5.41) is 0. The van der Waals surface area contributed by atoms with Crippen molar-refractivity contribution in [3.8, 4) is 11.5 Å². The maximum absolute atomic E-state index is 12.9. The van der Waals surface area contributed by atoms with Gasteiger partial charge in [-0.2, -0.15) is 0 Å². The number of likely N-dealkylation sites (tertiary alicyclic amines) is 1. The minimum absolute atomic E-state index is 0.0321. The molecule has 2 aromatic carbocycles. The van der Waals surface area contributed by atoms with Gasteiger partial charge in [0.05, 0.1) is 5.56 Å². The number of rotatable bonds is 4. The largest absolute Gasteiger partial charge is 0.457 e. The number of ether oxygens (including phenoxy) is 1. The Balaban J connectivity index is 1.74. The van der Waals surface area contributed by atoms with Gasteiger partial charge >= 0.3 is 0 Å². The van der Waals surface area contributed by atoms with Crippen LogP contribution < -0.4 is 10.5 Å². The lowest BCUT2D eigenvalue weighted by Crippen LogP contribution is -2.42. The van der Waals surface area contributed by atoms with Crippen molar-refractivity contribution < 1.29 is 9.53 Å². The fraction of sp³-hybridized carbons (Fsp3) is 0.350. The summed E-state index contributed by atoms with van der Waals surface area (Å²) in [6, 6.07) is 17.2. The average molecular weight is 324 g/mol. The highest BCUT2D eigenvalue weighted by molar-refractivity contribution is 5.97. The first-order valence-corrected chi connectivity index (χ1v) is 8.52. The normalized spacial score (nSPS) is 16.7. The Labute approximate surface area is 143 Å². The van der Waals surface area contributed by atoms with Crippen molar-refractivity contribution in [3.63, 3.8) is 0 Å². The van der Waals surface area contributed by atoms with Crippen LogP contribution in [0.5, 0.6) is 11.5 Å². The van der Waals surface area contributed by atoms with Gasteiger partial charge in [0.15, 0.2) is 0 Å². The third-order valence-corrected chi connectivity index (χ3v) is 4.66. The first-order chi connectivity index (χ1) is 11.6. The molecule has 0 radical (unpaired) electrons. The lowest BCUT2D eigenvalue weighted by Gasteiger charge is -2.34. The van der Waals surface area contributed by atoms with Crippen LogP contribution in [0.4, 0.5) is 0 Å². The summed E-state index contributed by atoms with van der Waals surface area (Å²) in [6.07, 6.45) is 1.93. The maximum Gasteiger partial charge on any atom is 0.257 e. The zero-order chi connectivity index (χ0) is 16.9. The van der Waals surface area contributed by atoms with Crippen molar-refractivity contribution >= 4 is 5.91 Å². The molecule has 2 N–H and O–H groups in total. The Hall–Kier alpha value is -2.33. The van der Waals surface area contributed by atoms with Crippen molar-refractivity contribution in [1.29, 1.82) is 0 Å². The molecule has 1 amide bonds. The highest BCUT2D eigenvalue weighted by Crippen LogP contribution is 2.28. The van der Waals surface area contributed by atoms with Crippen LogP contribution in [0.1, 0.15) is 30.1 Å². The summed E-state index contributed by atoms with van der Waals surface area (Å²) in [5.74, 6) is 1.87. The van der Waals surface area contributed by atoms with Gasteiger partial charge in [0.1, 0.15) is 11.5 Å². The summed E-state index contributed by atoms with van der Waals surface area (Å²) in [6.45, 7) is 3.56. The molecule has 2 aromatic rings. The van der Waals surface area contributed by atoms with E-state index in [1.807, 2.05) is 66.4 Å². The van der Waals surface area contributed by atoms with Gasteiger partial charge < -0.3 is 15.4 Å². The van der Waals surface area contributed by atoms with Gasteiger partial charge in [-0.3, -0.25) is 4.79 Å². The maximum atomic E-state index is 12.9. The summed E-state index contributed by atoms with van der Waals surface area (Å²) >= 11 is 0. The number of amides is 1. The SMILES string of the molecule is CC(N)C1CCN(C(=O)c2ccccc2Oc2ccccc2)CC1. The highest BCUT2D eigenvalue weighted by atomic mass is 16.5. The molecule has 4 nitrogen and oxygen atoms in total. The van der Waals surface area contributed by atoms with E-state index in [0.717, 1.165) is 31.7 Å². The van der Waals surface area contributed by atoms with Gasteiger partial charge in [0, 0.05) is 19.1 Å². The average Bonchev–Trinajstić information content (AvgIpc) is 2.62. The second-order valence-electron chi connectivity index (χ2n) is 6.40. The number of hydrogen-bond acceptors (Lipinski definition) is 3. The summed E-state index contributed by atoms with van der Waals surface area (Å²) in [4.78, 5) is 14.8. The summed E-state index contributed by atoms with van der Waals surface area (Å²) < 4.78 is 5.91. The number of benzene rings is 2. The number of carbonyl (C=O) groups excluding carboxylic acids is 1. The fourth-order valence-corrected chi connectivity index (χ4v) is 3.15. The highest BCUT2D eigenvalue weighted by Gasteiger charge is 2.26. The van der Waals surface area contributed by atoms with Gasteiger partial charge in [0.2, 0.25) is 0 Å². The van der Waals surface area contributed by atoms with Crippen LogP contribution in [0.25, 0.3) is 0 Å². The zero-order valence-electron chi connectivity index (χ0n) is 14.0. The van der Waals surface area contributed by atoms with E-state index in [1.165, 1.54) is 0 Å². The van der Waals surface area contributed by atoms with E-state index in [1.54, 1.807) is 0 Å². The second-order valence-corrected chi connectivity index (χ2v) is 6.40. The molecule has 0 aromatic heterocycles. The molecule has 1 aliphatic heterocycles. The molecule has 1 atom stereocenters. The van der Waals surface area contributed by atoms with Crippen LogP contribution in [-0.2, 0) is 0 Å². The van der Waals surface area contributed by atoms with Gasteiger partial charge in [-0.05, 0) is 49.9 Å².